The second-order valence-electron chi connectivity index (χ2n) is 6.33. The summed E-state index contributed by atoms with van der Waals surface area (Å²) >= 11 is 0. The Balaban J connectivity index is 1.73. The van der Waals surface area contributed by atoms with Gasteiger partial charge in [0.05, 0.1) is 17.8 Å². The van der Waals surface area contributed by atoms with E-state index in [-0.39, 0.29) is 0 Å². The molecular weight excluding hydrogens is 350 g/mol. The number of rotatable bonds is 4. The molecule has 1 N–H and O–H groups in total. The monoisotopic (exact) mass is 367 g/mol. The van der Waals surface area contributed by atoms with E-state index in [4.69, 9.17) is 11.1 Å². The second kappa shape index (κ2) is 7.33. The van der Waals surface area contributed by atoms with Gasteiger partial charge in [-0.05, 0) is 31.5 Å². The van der Waals surface area contributed by atoms with Crippen LogP contribution in [-0.2, 0) is 0 Å². The highest BCUT2D eigenvalue weighted by atomic mass is 16.5. The van der Waals surface area contributed by atoms with Gasteiger partial charge in [0.1, 0.15) is 11.5 Å². The molecule has 0 saturated carbocycles. The molecule has 0 amide bonds. The maximum absolute atomic E-state index is 7.20. The van der Waals surface area contributed by atoms with E-state index in [1.807, 2.05) is 56.3 Å². The molecule has 28 heavy (non-hydrogen) atoms. The fourth-order valence-electron chi connectivity index (χ4n) is 2.96. The van der Waals surface area contributed by atoms with Gasteiger partial charge in [-0.15, -0.1) is 0 Å². The Morgan fingerprint density at radius 3 is 2.64 bits per heavy atom. The molecule has 4 rings (SSSR count). The third-order valence-electron chi connectivity index (χ3n) is 4.42. The van der Waals surface area contributed by atoms with Gasteiger partial charge < -0.3 is 9.84 Å². The average Bonchev–Trinajstić information content (AvgIpc) is 3.12. The number of aryl methyl sites for hydroxylation is 2. The summed E-state index contributed by atoms with van der Waals surface area (Å²) in [7, 11) is 0. The van der Waals surface area contributed by atoms with Gasteiger partial charge in [0, 0.05) is 17.4 Å². The number of nitrogens with zero attached hydrogens (tertiary/aromatic N) is 4. The first-order valence-corrected chi connectivity index (χ1v) is 8.76. The topological polar surface area (TPSA) is 68.2 Å². The minimum absolute atomic E-state index is 0.447. The van der Waals surface area contributed by atoms with Crippen molar-refractivity contribution in [2.45, 2.75) is 13.8 Å². The summed E-state index contributed by atoms with van der Waals surface area (Å²) in [4.78, 5) is 12.5. The molecule has 2 heterocycles. The molecule has 2 aromatic carbocycles. The minimum atomic E-state index is 0.447. The van der Waals surface area contributed by atoms with E-state index in [1.165, 1.54) is 0 Å². The normalized spacial score (nSPS) is 10.5. The van der Waals surface area contributed by atoms with E-state index in [9.17, 15) is 0 Å². The van der Waals surface area contributed by atoms with Crippen LogP contribution in [0.2, 0.25) is 0 Å². The van der Waals surface area contributed by atoms with Crippen LogP contribution in [0.15, 0.2) is 65.3 Å². The fraction of sp³-hybridized carbons (Fsp3) is 0.0909. The summed E-state index contributed by atoms with van der Waals surface area (Å²) in [5.74, 6) is 1.14. The van der Waals surface area contributed by atoms with Crippen LogP contribution in [0.1, 0.15) is 11.3 Å². The van der Waals surface area contributed by atoms with E-state index >= 15 is 0 Å². The number of aromatic nitrogens is 3. The molecule has 0 fully saturated rings. The Labute approximate surface area is 162 Å². The highest BCUT2D eigenvalue weighted by Gasteiger charge is 2.18. The van der Waals surface area contributed by atoms with Crippen molar-refractivity contribution in [2.24, 2.45) is 0 Å². The van der Waals surface area contributed by atoms with E-state index in [1.54, 1.807) is 18.3 Å². The van der Waals surface area contributed by atoms with Gasteiger partial charge >= 0.3 is 0 Å². The first-order chi connectivity index (χ1) is 13.7. The Bertz CT molecular complexity index is 1180. The highest BCUT2D eigenvalue weighted by Crippen LogP contribution is 2.33. The Morgan fingerprint density at radius 1 is 1.04 bits per heavy atom. The van der Waals surface area contributed by atoms with Crippen LogP contribution in [0, 0.1) is 20.4 Å². The van der Waals surface area contributed by atoms with Crippen LogP contribution in [0.3, 0.4) is 0 Å². The molecule has 0 atom stereocenters. The minimum Gasteiger partial charge on any atom is -0.360 e. The van der Waals surface area contributed by atoms with Crippen molar-refractivity contribution in [1.29, 1.82) is 0 Å². The maximum Gasteiger partial charge on any atom is 0.227 e. The van der Waals surface area contributed by atoms with Crippen LogP contribution < -0.4 is 5.32 Å². The molecule has 0 saturated heterocycles. The molecule has 0 unspecified atom stereocenters. The number of anilines is 2. The number of nitrogens with one attached hydrogen (secondary N) is 1. The van der Waals surface area contributed by atoms with Gasteiger partial charge in [-0.25, -0.2) is 14.8 Å². The molecule has 0 bridgehead atoms. The van der Waals surface area contributed by atoms with Gasteiger partial charge in [-0.2, -0.15) is 0 Å². The fourth-order valence-corrected chi connectivity index (χ4v) is 2.96. The number of benzene rings is 2. The third-order valence-corrected chi connectivity index (χ3v) is 4.42. The van der Waals surface area contributed by atoms with Crippen LogP contribution in [0.5, 0.6) is 0 Å². The largest absolute Gasteiger partial charge is 0.360 e. The van der Waals surface area contributed by atoms with Crippen molar-refractivity contribution in [1.82, 2.24) is 15.1 Å². The van der Waals surface area contributed by atoms with E-state index < -0.39 is 0 Å². The number of hydrogen-bond acceptors (Lipinski definition) is 5. The lowest BCUT2D eigenvalue weighted by Crippen LogP contribution is -1.99. The molecule has 6 heteroatoms. The molecule has 0 aliphatic rings. The molecule has 2 aromatic heterocycles. The molecule has 136 valence electrons. The Kier molecular flexibility index (Phi) is 4.56. The van der Waals surface area contributed by atoms with E-state index in [2.05, 4.69) is 25.3 Å². The van der Waals surface area contributed by atoms with Crippen LogP contribution in [0.25, 0.3) is 27.4 Å². The molecular formula is C22H17N5O. The summed E-state index contributed by atoms with van der Waals surface area (Å²) in [6, 6.07) is 17.2. The summed E-state index contributed by atoms with van der Waals surface area (Å²) in [5, 5.41) is 7.44. The van der Waals surface area contributed by atoms with Crippen LogP contribution in [0.4, 0.5) is 17.3 Å². The standard InChI is InChI=1S/C22H17N5O/c1-14-9-10-17(23-3)13-19(14)26-22-24-12-11-18(25-22)20-15(2)28-27-21(20)16-7-5-4-6-8-16/h4-13H,1-2H3,(H,24,25,26). The second-order valence-corrected chi connectivity index (χ2v) is 6.33. The molecule has 0 aliphatic heterocycles. The molecule has 0 aliphatic carbocycles. The first kappa shape index (κ1) is 17.4. The average molecular weight is 367 g/mol. The predicted molar refractivity (Wildman–Crippen MR) is 108 cm³/mol. The summed E-state index contributed by atoms with van der Waals surface area (Å²) in [6.45, 7) is 11.0. The molecule has 0 spiro atoms. The van der Waals surface area contributed by atoms with Crippen LogP contribution >= 0.6 is 0 Å². The van der Waals surface area contributed by atoms with Gasteiger partial charge in [-0.3, -0.25) is 0 Å². The van der Waals surface area contributed by atoms with Gasteiger partial charge in [0.15, 0.2) is 5.69 Å². The smallest absolute Gasteiger partial charge is 0.227 e. The lowest BCUT2D eigenvalue weighted by molar-refractivity contribution is 0.400. The van der Waals surface area contributed by atoms with E-state index in [0.29, 0.717) is 23.1 Å². The predicted octanol–water partition coefficient (Wildman–Crippen LogP) is 5.71. The van der Waals surface area contributed by atoms with Crippen LogP contribution in [-0.4, -0.2) is 15.1 Å². The Hall–Kier alpha value is -3.98. The summed E-state index contributed by atoms with van der Waals surface area (Å²) in [5.41, 5.74) is 5.63. The zero-order valence-corrected chi connectivity index (χ0v) is 15.5. The SMILES string of the molecule is [C-]#[N+]c1ccc(C)c(Nc2nccc(-c3c(-c4ccccc4)noc3C)n2)c1. The van der Waals surface area contributed by atoms with Gasteiger partial charge in [0.25, 0.3) is 0 Å². The van der Waals surface area contributed by atoms with Gasteiger partial charge in [-0.1, -0.05) is 47.6 Å². The lowest BCUT2D eigenvalue weighted by Gasteiger charge is -2.10. The zero-order chi connectivity index (χ0) is 19.5. The molecule has 0 radical (unpaired) electrons. The highest BCUT2D eigenvalue weighted by molar-refractivity contribution is 5.80. The third kappa shape index (κ3) is 3.33. The number of hydrogen-bond donors (Lipinski definition) is 1. The lowest BCUT2D eigenvalue weighted by atomic mass is 10.0. The quantitative estimate of drug-likeness (QED) is 0.468. The van der Waals surface area contributed by atoms with Crippen molar-refractivity contribution in [3.63, 3.8) is 0 Å². The maximum atomic E-state index is 7.20. The van der Waals surface area contributed by atoms with Crippen molar-refractivity contribution >= 4 is 17.3 Å². The first-order valence-electron chi connectivity index (χ1n) is 8.76. The van der Waals surface area contributed by atoms with E-state index in [0.717, 1.165) is 28.1 Å². The zero-order valence-electron chi connectivity index (χ0n) is 15.5. The Morgan fingerprint density at radius 2 is 1.86 bits per heavy atom. The van der Waals surface area contributed by atoms with Crippen molar-refractivity contribution in [2.75, 3.05) is 5.32 Å². The van der Waals surface area contributed by atoms with Gasteiger partial charge in [0.2, 0.25) is 5.95 Å². The summed E-state index contributed by atoms with van der Waals surface area (Å²) in [6.07, 6.45) is 1.69. The summed E-state index contributed by atoms with van der Waals surface area (Å²) < 4.78 is 5.45. The van der Waals surface area contributed by atoms with Crippen molar-refractivity contribution in [3.8, 4) is 22.5 Å². The molecule has 4 aromatic rings. The van der Waals surface area contributed by atoms with Crippen molar-refractivity contribution in [3.05, 3.63) is 83.5 Å². The molecule has 6 nitrogen and oxygen atoms in total. The van der Waals surface area contributed by atoms with Crippen molar-refractivity contribution < 1.29 is 4.52 Å².